The minimum atomic E-state index is -0.772. The van der Waals surface area contributed by atoms with Crippen LogP contribution in [0.1, 0.15) is 25.5 Å². The highest BCUT2D eigenvalue weighted by molar-refractivity contribution is 6.38. The topological polar surface area (TPSA) is 78.5 Å². The molecule has 1 rings (SSSR count). The van der Waals surface area contributed by atoms with E-state index in [0.717, 1.165) is 0 Å². The average molecular weight is 330 g/mol. The molecule has 0 radical (unpaired) electrons. The van der Waals surface area contributed by atoms with Crippen LogP contribution in [-0.4, -0.2) is 28.9 Å². The third-order valence-corrected chi connectivity index (χ3v) is 3.28. The minimum absolute atomic E-state index is 0. The van der Waals surface area contributed by atoms with E-state index < -0.39 is 11.6 Å². The van der Waals surface area contributed by atoms with Crippen molar-refractivity contribution in [2.24, 2.45) is 0 Å². The molecule has 0 saturated carbocycles. The normalized spacial score (nSPS) is 12.9. The SMILES string of the molecule is CC(C)(CO)NCC(O)c1cc(Cl)c(N)c(Cl)c1.Cl. The molecule has 0 saturated heterocycles. The first-order valence-electron chi connectivity index (χ1n) is 5.55. The van der Waals surface area contributed by atoms with E-state index in [1.165, 1.54) is 0 Å². The smallest absolute Gasteiger partial charge is 0.0915 e. The van der Waals surface area contributed by atoms with Gasteiger partial charge >= 0.3 is 0 Å². The van der Waals surface area contributed by atoms with Gasteiger partial charge in [0, 0.05) is 12.1 Å². The lowest BCUT2D eigenvalue weighted by Gasteiger charge is -2.25. The van der Waals surface area contributed by atoms with Crippen molar-refractivity contribution in [1.29, 1.82) is 0 Å². The Kier molecular flexibility index (Phi) is 7.43. The average Bonchev–Trinajstić information content (AvgIpc) is 2.32. The molecular weight excluding hydrogens is 311 g/mol. The van der Waals surface area contributed by atoms with Gasteiger partial charge in [-0.25, -0.2) is 0 Å². The molecule has 5 N–H and O–H groups in total. The molecule has 0 aliphatic heterocycles. The Morgan fingerprint density at radius 3 is 2.21 bits per heavy atom. The van der Waals surface area contributed by atoms with E-state index in [4.69, 9.17) is 34.0 Å². The number of benzene rings is 1. The lowest BCUT2D eigenvalue weighted by atomic mass is 10.0. The largest absolute Gasteiger partial charge is 0.396 e. The number of hydrogen-bond acceptors (Lipinski definition) is 4. The fraction of sp³-hybridized carbons (Fsp3) is 0.500. The molecule has 1 aromatic carbocycles. The van der Waals surface area contributed by atoms with Gasteiger partial charge in [0.25, 0.3) is 0 Å². The summed E-state index contributed by atoms with van der Waals surface area (Å²) in [5.74, 6) is 0. The Balaban J connectivity index is 0.00000324. The van der Waals surface area contributed by atoms with E-state index >= 15 is 0 Å². The molecule has 110 valence electrons. The second-order valence-corrected chi connectivity index (χ2v) is 5.65. The van der Waals surface area contributed by atoms with Gasteiger partial charge in [-0.3, -0.25) is 0 Å². The lowest BCUT2D eigenvalue weighted by Crippen LogP contribution is -2.44. The predicted molar refractivity (Wildman–Crippen MR) is 82.2 cm³/mol. The number of nitrogen functional groups attached to an aromatic ring is 1. The molecule has 1 aromatic rings. The van der Waals surface area contributed by atoms with Gasteiger partial charge in [0.1, 0.15) is 0 Å². The standard InChI is InChI=1S/C12H18Cl2N2O2.ClH/c1-12(2,6-17)16-5-10(18)7-3-8(13)11(15)9(14)4-7;/h3-4,10,16-18H,5-6,15H2,1-2H3;1H. The molecule has 0 aromatic heterocycles. The number of nitrogens with two attached hydrogens (primary N) is 1. The maximum Gasteiger partial charge on any atom is 0.0915 e. The minimum Gasteiger partial charge on any atom is -0.396 e. The number of nitrogens with one attached hydrogen (secondary N) is 1. The first-order chi connectivity index (χ1) is 8.26. The van der Waals surface area contributed by atoms with Crippen LogP contribution in [-0.2, 0) is 0 Å². The fourth-order valence-corrected chi connectivity index (χ4v) is 1.85. The molecule has 0 bridgehead atoms. The Bertz CT molecular complexity index is 404. The zero-order valence-corrected chi connectivity index (χ0v) is 13.1. The zero-order valence-electron chi connectivity index (χ0n) is 10.8. The Morgan fingerprint density at radius 1 is 1.32 bits per heavy atom. The van der Waals surface area contributed by atoms with Crippen LogP contribution in [0.3, 0.4) is 0 Å². The summed E-state index contributed by atoms with van der Waals surface area (Å²) >= 11 is 11.8. The molecule has 0 aliphatic carbocycles. The summed E-state index contributed by atoms with van der Waals surface area (Å²) in [6.45, 7) is 3.93. The van der Waals surface area contributed by atoms with Crippen molar-refractivity contribution in [2.45, 2.75) is 25.5 Å². The number of β-amino-alcohol motifs (C(OH)–C–C–N with tert-alkyl or cyclic N) is 1. The van der Waals surface area contributed by atoms with Crippen molar-refractivity contribution in [2.75, 3.05) is 18.9 Å². The maximum atomic E-state index is 10.0. The summed E-state index contributed by atoms with van der Waals surface area (Å²) in [6, 6.07) is 3.17. The summed E-state index contributed by atoms with van der Waals surface area (Å²) in [7, 11) is 0. The van der Waals surface area contributed by atoms with Crippen LogP contribution in [0.5, 0.6) is 0 Å². The summed E-state index contributed by atoms with van der Waals surface area (Å²) in [5, 5.41) is 22.8. The van der Waals surface area contributed by atoms with Gasteiger partial charge in [-0.15, -0.1) is 12.4 Å². The van der Waals surface area contributed by atoms with E-state index in [9.17, 15) is 5.11 Å². The Morgan fingerprint density at radius 2 is 1.79 bits per heavy atom. The van der Waals surface area contributed by atoms with Crippen LogP contribution in [0.25, 0.3) is 0 Å². The van der Waals surface area contributed by atoms with Crippen LogP contribution in [0.2, 0.25) is 10.0 Å². The highest BCUT2D eigenvalue weighted by atomic mass is 35.5. The predicted octanol–water partition coefficient (Wildman–Crippen LogP) is 2.39. The quantitative estimate of drug-likeness (QED) is 0.626. The zero-order chi connectivity index (χ0) is 13.9. The van der Waals surface area contributed by atoms with Gasteiger partial charge in [-0.05, 0) is 31.5 Å². The van der Waals surface area contributed by atoms with Crippen LogP contribution in [0, 0.1) is 0 Å². The van der Waals surface area contributed by atoms with Crippen molar-refractivity contribution in [3.63, 3.8) is 0 Å². The molecule has 0 aliphatic rings. The third-order valence-electron chi connectivity index (χ3n) is 2.66. The van der Waals surface area contributed by atoms with Crippen LogP contribution in [0.4, 0.5) is 5.69 Å². The molecule has 1 unspecified atom stereocenters. The van der Waals surface area contributed by atoms with Crippen molar-refractivity contribution in [3.8, 4) is 0 Å². The van der Waals surface area contributed by atoms with Crippen LogP contribution < -0.4 is 11.1 Å². The van der Waals surface area contributed by atoms with Crippen molar-refractivity contribution < 1.29 is 10.2 Å². The summed E-state index contributed by atoms with van der Waals surface area (Å²) in [4.78, 5) is 0. The number of anilines is 1. The van der Waals surface area contributed by atoms with E-state index in [0.29, 0.717) is 21.3 Å². The van der Waals surface area contributed by atoms with Gasteiger partial charge in [0.15, 0.2) is 0 Å². The van der Waals surface area contributed by atoms with E-state index in [2.05, 4.69) is 5.32 Å². The van der Waals surface area contributed by atoms with E-state index in [1.807, 2.05) is 13.8 Å². The van der Waals surface area contributed by atoms with Gasteiger partial charge in [0.2, 0.25) is 0 Å². The van der Waals surface area contributed by atoms with E-state index in [1.54, 1.807) is 12.1 Å². The first kappa shape index (κ1) is 18.8. The highest BCUT2D eigenvalue weighted by Gasteiger charge is 2.18. The lowest BCUT2D eigenvalue weighted by molar-refractivity contribution is 0.136. The van der Waals surface area contributed by atoms with Crippen LogP contribution >= 0.6 is 35.6 Å². The number of aliphatic hydroxyl groups excluding tert-OH is 2. The molecule has 0 spiro atoms. The number of halogens is 3. The summed E-state index contributed by atoms with van der Waals surface area (Å²) in [6.07, 6.45) is -0.772. The van der Waals surface area contributed by atoms with Gasteiger partial charge < -0.3 is 21.3 Å². The number of rotatable bonds is 5. The first-order valence-corrected chi connectivity index (χ1v) is 6.31. The number of hydrogen-bond donors (Lipinski definition) is 4. The molecule has 0 heterocycles. The van der Waals surface area contributed by atoms with Gasteiger partial charge in [0.05, 0.1) is 28.4 Å². The summed E-state index contributed by atoms with van der Waals surface area (Å²) in [5.41, 5.74) is 6.05. The second-order valence-electron chi connectivity index (χ2n) is 4.84. The molecular formula is C12H19Cl3N2O2. The Labute approximate surface area is 129 Å². The maximum absolute atomic E-state index is 10.0. The Hall–Kier alpha value is -0.230. The second kappa shape index (κ2) is 7.53. The van der Waals surface area contributed by atoms with Gasteiger partial charge in [-0.2, -0.15) is 0 Å². The molecule has 0 amide bonds. The summed E-state index contributed by atoms with van der Waals surface area (Å²) < 4.78 is 0. The molecule has 19 heavy (non-hydrogen) atoms. The monoisotopic (exact) mass is 328 g/mol. The van der Waals surface area contributed by atoms with E-state index in [-0.39, 0.29) is 25.6 Å². The van der Waals surface area contributed by atoms with Gasteiger partial charge in [-0.1, -0.05) is 23.2 Å². The van der Waals surface area contributed by atoms with Crippen LogP contribution in [0.15, 0.2) is 12.1 Å². The molecule has 7 heteroatoms. The number of aliphatic hydroxyl groups is 2. The van der Waals surface area contributed by atoms with Crippen molar-refractivity contribution >= 4 is 41.3 Å². The fourth-order valence-electron chi connectivity index (χ4n) is 1.34. The van der Waals surface area contributed by atoms with Crippen molar-refractivity contribution in [1.82, 2.24) is 5.32 Å². The highest BCUT2D eigenvalue weighted by Crippen LogP contribution is 2.31. The third kappa shape index (κ3) is 5.34. The molecule has 1 atom stereocenters. The molecule has 4 nitrogen and oxygen atoms in total. The van der Waals surface area contributed by atoms with Crippen molar-refractivity contribution in [3.05, 3.63) is 27.7 Å². The molecule has 0 fully saturated rings.